The van der Waals surface area contributed by atoms with Crippen molar-refractivity contribution < 1.29 is 9.32 Å². The van der Waals surface area contributed by atoms with E-state index in [0.29, 0.717) is 17.7 Å². The van der Waals surface area contributed by atoms with Gasteiger partial charge in [-0.15, -0.1) is 0 Å². The molecule has 0 aromatic carbocycles. The number of rotatable bonds is 1. The molecule has 1 aromatic rings. The SMILES string of the molecule is O=C(c1ccno1)N1CCC2NCCC2C1. The number of aromatic nitrogens is 1. The molecule has 2 fully saturated rings. The molecule has 5 heteroatoms. The molecule has 2 aliphatic rings. The molecule has 2 saturated heterocycles. The van der Waals surface area contributed by atoms with Crippen molar-refractivity contribution in [1.29, 1.82) is 0 Å². The third-order valence-electron chi connectivity index (χ3n) is 3.59. The van der Waals surface area contributed by atoms with Gasteiger partial charge in [0.05, 0.1) is 6.20 Å². The van der Waals surface area contributed by atoms with Gasteiger partial charge in [-0.25, -0.2) is 0 Å². The van der Waals surface area contributed by atoms with Crippen molar-refractivity contribution in [3.05, 3.63) is 18.0 Å². The van der Waals surface area contributed by atoms with E-state index in [4.69, 9.17) is 4.52 Å². The Labute approximate surface area is 93.8 Å². The highest BCUT2D eigenvalue weighted by Gasteiger charge is 2.35. The van der Waals surface area contributed by atoms with E-state index in [1.807, 2.05) is 4.90 Å². The molecule has 0 aliphatic carbocycles. The van der Waals surface area contributed by atoms with Gasteiger partial charge < -0.3 is 14.7 Å². The molecule has 1 aromatic heterocycles. The normalized spacial score (nSPS) is 29.1. The van der Waals surface area contributed by atoms with Crippen molar-refractivity contribution in [2.45, 2.75) is 18.9 Å². The highest BCUT2D eigenvalue weighted by atomic mass is 16.5. The van der Waals surface area contributed by atoms with Crippen LogP contribution in [-0.4, -0.2) is 41.6 Å². The lowest BCUT2D eigenvalue weighted by molar-refractivity contribution is 0.0620. The molecule has 3 rings (SSSR count). The highest BCUT2D eigenvalue weighted by molar-refractivity contribution is 5.91. The van der Waals surface area contributed by atoms with Crippen LogP contribution in [0.25, 0.3) is 0 Å². The van der Waals surface area contributed by atoms with E-state index >= 15 is 0 Å². The molecule has 5 nitrogen and oxygen atoms in total. The minimum atomic E-state index is -0.0251. The molecule has 16 heavy (non-hydrogen) atoms. The smallest absolute Gasteiger partial charge is 0.292 e. The molecule has 1 N–H and O–H groups in total. The molecular formula is C11H15N3O2. The molecule has 0 radical (unpaired) electrons. The number of likely N-dealkylation sites (tertiary alicyclic amines) is 1. The maximum Gasteiger partial charge on any atom is 0.292 e. The van der Waals surface area contributed by atoms with Gasteiger partial charge in [-0.3, -0.25) is 4.79 Å². The molecule has 2 atom stereocenters. The van der Waals surface area contributed by atoms with E-state index < -0.39 is 0 Å². The molecule has 2 aliphatic heterocycles. The van der Waals surface area contributed by atoms with Crippen LogP contribution in [-0.2, 0) is 0 Å². The quantitative estimate of drug-likeness (QED) is 0.750. The van der Waals surface area contributed by atoms with Crippen LogP contribution in [0.3, 0.4) is 0 Å². The van der Waals surface area contributed by atoms with E-state index in [-0.39, 0.29) is 5.91 Å². The highest BCUT2D eigenvalue weighted by Crippen LogP contribution is 2.25. The van der Waals surface area contributed by atoms with E-state index in [0.717, 1.165) is 26.1 Å². The predicted molar refractivity (Wildman–Crippen MR) is 56.9 cm³/mol. The summed E-state index contributed by atoms with van der Waals surface area (Å²) in [5.74, 6) is 0.938. The standard InChI is InChI=1S/C11H15N3O2/c15-11(10-2-5-13-16-10)14-6-3-9-8(7-14)1-4-12-9/h2,5,8-9,12H,1,3-4,6-7H2. The Morgan fingerprint density at radius 2 is 2.50 bits per heavy atom. The van der Waals surface area contributed by atoms with Gasteiger partial charge in [0.1, 0.15) is 0 Å². The molecule has 86 valence electrons. The number of hydrogen-bond acceptors (Lipinski definition) is 4. The fourth-order valence-corrected chi connectivity index (χ4v) is 2.71. The Hall–Kier alpha value is -1.36. The summed E-state index contributed by atoms with van der Waals surface area (Å²) in [6.45, 7) is 2.74. The molecule has 1 amide bonds. The van der Waals surface area contributed by atoms with E-state index in [1.165, 1.54) is 12.6 Å². The Kier molecular flexibility index (Phi) is 2.40. The van der Waals surface area contributed by atoms with Gasteiger partial charge in [-0.05, 0) is 25.3 Å². The largest absolute Gasteiger partial charge is 0.351 e. The van der Waals surface area contributed by atoms with Crippen molar-refractivity contribution in [3.63, 3.8) is 0 Å². The van der Waals surface area contributed by atoms with Crippen LogP contribution in [0.4, 0.5) is 0 Å². The lowest BCUT2D eigenvalue weighted by Crippen LogP contribution is -2.46. The van der Waals surface area contributed by atoms with Crippen molar-refractivity contribution in [2.75, 3.05) is 19.6 Å². The van der Waals surface area contributed by atoms with Crippen LogP contribution in [0, 0.1) is 5.92 Å². The summed E-state index contributed by atoms with van der Waals surface area (Å²) in [5, 5.41) is 7.05. The Morgan fingerprint density at radius 3 is 3.31 bits per heavy atom. The second-order valence-corrected chi connectivity index (χ2v) is 4.53. The maximum atomic E-state index is 12.0. The van der Waals surface area contributed by atoms with Crippen molar-refractivity contribution in [3.8, 4) is 0 Å². The molecular weight excluding hydrogens is 206 g/mol. The third-order valence-corrected chi connectivity index (χ3v) is 3.59. The van der Waals surface area contributed by atoms with Crippen molar-refractivity contribution in [2.24, 2.45) is 5.92 Å². The maximum absolute atomic E-state index is 12.0. The van der Waals surface area contributed by atoms with Gasteiger partial charge in [0, 0.05) is 25.2 Å². The first-order valence-corrected chi connectivity index (χ1v) is 5.78. The first kappa shape index (κ1) is 9.84. The van der Waals surface area contributed by atoms with Crippen LogP contribution in [0.5, 0.6) is 0 Å². The van der Waals surface area contributed by atoms with Crippen LogP contribution < -0.4 is 5.32 Å². The molecule has 0 saturated carbocycles. The first-order chi connectivity index (χ1) is 7.84. The van der Waals surface area contributed by atoms with E-state index in [1.54, 1.807) is 6.07 Å². The van der Waals surface area contributed by atoms with Crippen LogP contribution >= 0.6 is 0 Å². The number of carbonyl (C=O) groups excluding carboxylic acids is 1. The number of nitrogens with one attached hydrogen (secondary N) is 1. The van der Waals surface area contributed by atoms with E-state index in [9.17, 15) is 4.79 Å². The predicted octanol–water partition coefficient (Wildman–Crippen LogP) is 0.499. The second kappa shape index (κ2) is 3.90. The average molecular weight is 221 g/mol. The number of fused-ring (bicyclic) bond motifs is 1. The Balaban J connectivity index is 1.70. The van der Waals surface area contributed by atoms with Gasteiger partial charge in [0.15, 0.2) is 0 Å². The lowest BCUT2D eigenvalue weighted by atomic mass is 9.93. The summed E-state index contributed by atoms with van der Waals surface area (Å²) in [4.78, 5) is 13.9. The van der Waals surface area contributed by atoms with Crippen LogP contribution in [0.1, 0.15) is 23.4 Å². The third kappa shape index (κ3) is 1.61. The summed E-state index contributed by atoms with van der Waals surface area (Å²) >= 11 is 0. The number of nitrogens with zero attached hydrogens (tertiary/aromatic N) is 2. The minimum Gasteiger partial charge on any atom is -0.351 e. The molecule has 3 heterocycles. The van der Waals surface area contributed by atoms with Gasteiger partial charge in [0.2, 0.25) is 5.76 Å². The van der Waals surface area contributed by atoms with E-state index in [2.05, 4.69) is 10.5 Å². The van der Waals surface area contributed by atoms with Gasteiger partial charge in [-0.2, -0.15) is 0 Å². The van der Waals surface area contributed by atoms with Crippen molar-refractivity contribution in [1.82, 2.24) is 15.4 Å². The van der Waals surface area contributed by atoms with Gasteiger partial charge in [0.25, 0.3) is 5.91 Å². The zero-order valence-corrected chi connectivity index (χ0v) is 9.06. The zero-order chi connectivity index (χ0) is 11.0. The number of carbonyl (C=O) groups is 1. The lowest BCUT2D eigenvalue weighted by Gasteiger charge is -2.34. The van der Waals surface area contributed by atoms with Crippen LogP contribution in [0.15, 0.2) is 16.8 Å². The minimum absolute atomic E-state index is 0.0251. The average Bonchev–Trinajstić information content (AvgIpc) is 2.98. The topological polar surface area (TPSA) is 58.4 Å². The summed E-state index contributed by atoms with van der Waals surface area (Å²) in [6, 6.07) is 2.24. The molecule has 0 bridgehead atoms. The summed E-state index contributed by atoms with van der Waals surface area (Å²) < 4.78 is 4.90. The fourth-order valence-electron chi connectivity index (χ4n) is 2.71. The number of piperidine rings is 1. The fraction of sp³-hybridized carbons (Fsp3) is 0.636. The summed E-state index contributed by atoms with van der Waals surface area (Å²) in [7, 11) is 0. The zero-order valence-electron chi connectivity index (χ0n) is 9.06. The monoisotopic (exact) mass is 221 g/mol. The Morgan fingerprint density at radius 1 is 1.56 bits per heavy atom. The Bertz CT molecular complexity index is 377. The first-order valence-electron chi connectivity index (χ1n) is 5.78. The van der Waals surface area contributed by atoms with Gasteiger partial charge >= 0.3 is 0 Å². The number of amides is 1. The van der Waals surface area contributed by atoms with Gasteiger partial charge in [-0.1, -0.05) is 5.16 Å². The molecule has 2 unspecified atom stereocenters. The second-order valence-electron chi connectivity index (χ2n) is 4.53. The van der Waals surface area contributed by atoms with Crippen molar-refractivity contribution >= 4 is 5.91 Å². The summed E-state index contributed by atoms with van der Waals surface area (Å²) in [6.07, 6.45) is 3.73. The van der Waals surface area contributed by atoms with Crippen LogP contribution in [0.2, 0.25) is 0 Å². The molecule has 0 spiro atoms. The summed E-state index contributed by atoms with van der Waals surface area (Å²) in [5.41, 5.74) is 0. The number of hydrogen-bond donors (Lipinski definition) is 1.